The van der Waals surface area contributed by atoms with Crippen LogP contribution in [0.4, 0.5) is 0 Å². The van der Waals surface area contributed by atoms with Gasteiger partial charge in [-0.05, 0) is 45.1 Å². The highest BCUT2D eigenvalue weighted by atomic mass is 16.5. The summed E-state index contributed by atoms with van der Waals surface area (Å²) in [6, 6.07) is 11.2. The van der Waals surface area contributed by atoms with E-state index in [-0.39, 0.29) is 6.10 Å². The highest BCUT2D eigenvalue weighted by Gasteiger charge is 2.41. The van der Waals surface area contributed by atoms with Crippen molar-refractivity contribution in [1.29, 1.82) is 0 Å². The molecule has 3 fully saturated rings. The second-order valence-electron chi connectivity index (χ2n) is 9.16. The van der Waals surface area contributed by atoms with E-state index in [1.165, 1.54) is 38.2 Å². The minimum absolute atomic E-state index is 0.269. The molecule has 0 spiro atoms. The first-order valence-corrected chi connectivity index (χ1v) is 12.0. The van der Waals surface area contributed by atoms with Crippen molar-refractivity contribution in [3.05, 3.63) is 35.9 Å². The molecule has 3 aliphatic rings. The molecule has 0 bridgehead atoms. The minimum atomic E-state index is 0.269. The summed E-state index contributed by atoms with van der Waals surface area (Å²) < 4.78 is 6.14. The molecule has 3 saturated heterocycles. The maximum Gasteiger partial charge on any atom is 0.193 e. The van der Waals surface area contributed by atoms with Gasteiger partial charge in [0, 0.05) is 52.9 Å². The van der Waals surface area contributed by atoms with Gasteiger partial charge in [-0.1, -0.05) is 30.3 Å². The predicted octanol–water partition coefficient (Wildman–Crippen LogP) is 1.17. The molecule has 7 nitrogen and oxygen atoms in total. The van der Waals surface area contributed by atoms with Gasteiger partial charge < -0.3 is 24.8 Å². The summed E-state index contributed by atoms with van der Waals surface area (Å²) in [5.41, 5.74) is 1.38. The topological polar surface area (TPSA) is 46.6 Å². The second kappa shape index (κ2) is 11.3. The molecule has 7 heteroatoms. The summed E-state index contributed by atoms with van der Waals surface area (Å²) in [5, 5.41) is 3.61. The van der Waals surface area contributed by atoms with Gasteiger partial charge >= 0.3 is 0 Å². The number of nitrogens with zero attached hydrogens (tertiary/aromatic N) is 5. The van der Waals surface area contributed by atoms with Gasteiger partial charge in [0.1, 0.15) is 0 Å². The van der Waals surface area contributed by atoms with Gasteiger partial charge in [0.2, 0.25) is 0 Å². The lowest BCUT2D eigenvalue weighted by atomic mass is 10.1. The van der Waals surface area contributed by atoms with Crippen molar-refractivity contribution in [2.24, 2.45) is 4.99 Å². The number of hydrogen-bond donors (Lipinski definition) is 1. The largest absolute Gasteiger partial charge is 0.373 e. The Balaban J connectivity index is 1.24. The third-order valence-electron chi connectivity index (χ3n) is 6.90. The van der Waals surface area contributed by atoms with E-state index in [2.05, 4.69) is 67.3 Å². The first kappa shape index (κ1) is 22.5. The molecule has 3 heterocycles. The molecular formula is C24H40N6O. The first-order valence-electron chi connectivity index (χ1n) is 12.0. The molecule has 0 aliphatic carbocycles. The molecule has 2 unspecified atom stereocenters. The Morgan fingerprint density at radius 2 is 1.97 bits per heavy atom. The number of hydrogen-bond acceptors (Lipinski definition) is 5. The summed E-state index contributed by atoms with van der Waals surface area (Å²) in [6.07, 6.45) is 2.70. The second-order valence-corrected chi connectivity index (χ2v) is 9.16. The number of likely N-dealkylation sites (tertiary alicyclic amines) is 1. The van der Waals surface area contributed by atoms with Gasteiger partial charge in [-0.15, -0.1) is 0 Å². The molecule has 0 aromatic heterocycles. The van der Waals surface area contributed by atoms with Gasteiger partial charge in [-0.2, -0.15) is 0 Å². The number of fused-ring (bicyclic) bond motifs is 1. The summed E-state index contributed by atoms with van der Waals surface area (Å²) in [5.74, 6) is 1.02. The molecule has 0 saturated carbocycles. The standard InChI is InChI=1S/C24H40N6O/c1-25-24(26-10-6-12-28-13-7-11-27(2)14-15-28)30-19-22-23(20-30)31-17-16-29(22)18-21-8-4-3-5-9-21/h3-5,8-9,22-23H,6-7,10-20H2,1-2H3,(H,25,26). The highest BCUT2D eigenvalue weighted by molar-refractivity contribution is 5.80. The normalized spacial score (nSPS) is 26.6. The monoisotopic (exact) mass is 428 g/mol. The lowest BCUT2D eigenvalue weighted by molar-refractivity contribution is -0.0502. The van der Waals surface area contributed by atoms with E-state index < -0.39 is 0 Å². The molecule has 1 aromatic rings. The Hall–Kier alpha value is -1.67. The summed E-state index contributed by atoms with van der Waals surface area (Å²) in [7, 11) is 4.13. The fraction of sp³-hybridized carbons (Fsp3) is 0.708. The molecule has 3 aliphatic heterocycles. The Kier molecular flexibility index (Phi) is 8.19. The maximum atomic E-state index is 6.14. The molecule has 31 heavy (non-hydrogen) atoms. The Labute approximate surface area is 188 Å². The summed E-state index contributed by atoms with van der Waals surface area (Å²) >= 11 is 0. The number of likely N-dealkylation sites (N-methyl/N-ethyl adjacent to an activating group) is 1. The van der Waals surface area contributed by atoms with E-state index in [0.29, 0.717) is 6.04 Å². The zero-order valence-corrected chi connectivity index (χ0v) is 19.4. The summed E-state index contributed by atoms with van der Waals surface area (Å²) in [4.78, 5) is 14.6. The average molecular weight is 429 g/mol. The van der Waals surface area contributed by atoms with Crippen molar-refractivity contribution in [3.63, 3.8) is 0 Å². The number of aliphatic imine (C=N–C) groups is 1. The molecule has 0 radical (unpaired) electrons. The maximum absolute atomic E-state index is 6.14. The van der Waals surface area contributed by atoms with Crippen LogP contribution in [0.1, 0.15) is 18.4 Å². The average Bonchev–Trinajstić information content (AvgIpc) is 3.12. The fourth-order valence-electron chi connectivity index (χ4n) is 5.10. The highest BCUT2D eigenvalue weighted by Crippen LogP contribution is 2.24. The van der Waals surface area contributed by atoms with Crippen molar-refractivity contribution in [2.75, 3.05) is 79.6 Å². The van der Waals surface area contributed by atoms with Crippen molar-refractivity contribution in [3.8, 4) is 0 Å². The molecule has 172 valence electrons. The van der Waals surface area contributed by atoms with Gasteiger partial charge in [0.15, 0.2) is 5.96 Å². The Bertz CT molecular complexity index is 699. The van der Waals surface area contributed by atoms with E-state index in [1.807, 2.05) is 7.05 Å². The van der Waals surface area contributed by atoms with E-state index in [9.17, 15) is 0 Å². The van der Waals surface area contributed by atoms with E-state index in [4.69, 9.17) is 4.74 Å². The van der Waals surface area contributed by atoms with Crippen molar-refractivity contribution < 1.29 is 4.74 Å². The van der Waals surface area contributed by atoms with Gasteiger partial charge in [0.05, 0.1) is 18.8 Å². The quantitative estimate of drug-likeness (QED) is 0.417. The van der Waals surface area contributed by atoms with Crippen LogP contribution in [-0.4, -0.2) is 117 Å². The van der Waals surface area contributed by atoms with Crippen LogP contribution < -0.4 is 5.32 Å². The molecule has 0 amide bonds. The fourth-order valence-corrected chi connectivity index (χ4v) is 5.10. The van der Waals surface area contributed by atoms with E-state index in [1.54, 1.807) is 0 Å². The van der Waals surface area contributed by atoms with Gasteiger partial charge in [-0.25, -0.2) is 0 Å². The van der Waals surface area contributed by atoms with Crippen molar-refractivity contribution >= 4 is 5.96 Å². The third kappa shape index (κ3) is 6.19. The van der Waals surface area contributed by atoms with Crippen molar-refractivity contribution in [1.82, 2.24) is 24.9 Å². The van der Waals surface area contributed by atoms with Gasteiger partial charge in [0.25, 0.3) is 0 Å². The van der Waals surface area contributed by atoms with Crippen LogP contribution in [0, 0.1) is 0 Å². The molecule has 1 N–H and O–H groups in total. The zero-order valence-electron chi connectivity index (χ0n) is 19.4. The van der Waals surface area contributed by atoms with E-state index >= 15 is 0 Å². The number of morpholine rings is 1. The van der Waals surface area contributed by atoms with Crippen molar-refractivity contribution in [2.45, 2.75) is 31.5 Å². The molecule has 4 rings (SSSR count). The molecule has 2 atom stereocenters. The Morgan fingerprint density at radius 3 is 2.81 bits per heavy atom. The number of benzene rings is 1. The number of rotatable bonds is 6. The van der Waals surface area contributed by atoms with Crippen LogP contribution in [-0.2, 0) is 11.3 Å². The number of guanidine groups is 1. The SMILES string of the molecule is CN=C(NCCCN1CCCN(C)CC1)N1CC2OCCN(Cc3ccccc3)C2C1. The zero-order chi connectivity index (χ0) is 21.5. The van der Waals surface area contributed by atoms with Crippen LogP contribution in [0.3, 0.4) is 0 Å². The van der Waals surface area contributed by atoms with Crippen LogP contribution in [0.15, 0.2) is 35.3 Å². The van der Waals surface area contributed by atoms with Gasteiger partial charge in [-0.3, -0.25) is 9.89 Å². The lowest BCUT2D eigenvalue weighted by Gasteiger charge is -2.36. The smallest absolute Gasteiger partial charge is 0.193 e. The number of nitrogens with one attached hydrogen (secondary N) is 1. The lowest BCUT2D eigenvalue weighted by Crippen LogP contribution is -2.50. The van der Waals surface area contributed by atoms with E-state index in [0.717, 1.165) is 58.3 Å². The minimum Gasteiger partial charge on any atom is -0.373 e. The number of ether oxygens (including phenoxy) is 1. The van der Waals surface area contributed by atoms with Crippen LogP contribution >= 0.6 is 0 Å². The summed E-state index contributed by atoms with van der Waals surface area (Å²) in [6.45, 7) is 11.7. The van der Waals surface area contributed by atoms with Crippen LogP contribution in [0.5, 0.6) is 0 Å². The Morgan fingerprint density at radius 1 is 1.10 bits per heavy atom. The molecular weight excluding hydrogens is 388 g/mol. The van der Waals surface area contributed by atoms with Crippen LogP contribution in [0.2, 0.25) is 0 Å². The van der Waals surface area contributed by atoms with Crippen LogP contribution in [0.25, 0.3) is 0 Å². The third-order valence-corrected chi connectivity index (χ3v) is 6.90. The predicted molar refractivity (Wildman–Crippen MR) is 126 cm³/mol. The first-order chi connectivity index (χ1) is 15.2. The molecule has 1 aromatic carbocycles.